The van der Waals surface area contributed by atoms with E-state index in [0.29, 0.717) is 23.6 Å². The fraction of sp³-hybridized carbons (Fsp3) is 0.346. The van der Waals surface area contributed by atoms with Gasteiger partial charge in [-0.05, 0) is 54.3 Å². The van der Waals surface area contributed by atoms with Crippen molar-refractivity contribution in [1.29, 1.82) is 0 Å². The van der Waals surface area contributed by atoms with E-state index in [4.69, 9.17) is 4.74 Å². The molecule has 1 atom stereocenters. The van der Waals surface area contributed by atoms with Gasteiger partial charge in [0.2, 0.25) is 0 Å². The molecule has 2 aliphatic rings. The summed E-state index contributed by atoms with van der Waals surface area (Å²) in [4.78, 5) is 15.3. The average molecular weight is 467 g/mol. The van der Waals surface area contributed by atoms with Crippen molar-refractivity contribution in [3.8, 4) is 0 Å². The number of carbonyl (C=O) groups excluding carboxylic acids is 1. The van der Waals surface area contributed by atoms with E-state index in [1.807, 2.05) is 0 Å². The van der Waals surface area contributed by atoms with Crippen molar-refractivity contribution in [3.63, 3.8) is 0 Å². The summed E-state index contributed by atoms with van der Waals surface area (Å²) in [6, 6.07) is 21.5. The lowest BCUT2D eigenvalue weighted by Crippen LogP contribution is -2.29. The van der Waals surface area contributed by atoms with Crippen LogP contribution in [0.2, 0.25) is 0 Å². The van der Waals surface area contributed by atoms with Crippen molar-refractivity contribution in [2.75, 3.05) is 26.2 Å². The van der Waals surface area contributed by atoms with Gasteiger partial charge in [-0.1, -0.05) is 65.4 Å². The van der Waals surface area contributed by atoms with Crippen LogP contribution in [0.4, 0.5) is 0 Å². The molecule has 7 heteroatoms. The van der Waals surface area contributed by atoms with Crippen LogP contribution in [0.5, 0.6) is 0 Å². The van der Waals surface area contributed by atoms with Crippen LogP contribution >= 0.6 is 10.8 Å². The summed E-state index contributed by atoms with van der Waals surface area (Å²) in [5.41, 5.74) is 1.63. The normalized spacial score (nSPS) is 21.0. The Hall–Kier alpha value is -2.42. The summed E-state index contributed by atoms with van der Waals surface area (Å²) in [5.74, 6) is -0.284. The Kier molecular flexibility index (Phi) is 6.40. The molecule has 0 saturated carbocycles. The molecule has 1 fully saturated rings. The highest BCUT2D eigenvalue weighted by Crippen LogP contribution is 2.58. The molecule has 3 aromatic carbocycles. The number of nitrogens with zero attached hydrogens (tertiary/aromatic N) is 2. The molecule has 0 aromatic heterocycles. The highest BCUT2D eigenvalue weighted by molar-refractivity contribution is 8.23. The number of likely N-dealkylation sites (tertiary alicyclic amines) is 1. The maximum atomic E-state index is 12.6. The van der Waals surface area contributed by atoms with Gasteiger partial charge >= 0.3 is 0 Å². The molecule has 3 aromatic rings. The first-order chi connectivity index (χ1) is 16.0. The molecule has 5 rings (SSSR count). The molecular weight excluding hydrogens is 436 g/mol. The smallest absolute Gasteiger partial charge is 0.274 e. The SMILES string of the molecule is O=C1c2ccccc2S(O)(O)N1CCCCN1CCC(OCc2cccc3ccccc23)C1. The quantitative estimate of drug-likeness (QED) is 0.436. The first-order valence-corrected chi connectivity index (χ1v) is 13.0. The van der Waals surface area contributed by atoms with Gasteiger partial charge in [0.25, 0.3) is 5.91 Å². The Balaban J connectivity index is 1.07. The molecule has 0 radical (unpaired) electrons. The van der Waals surface area contributed by atoms with Crippen LogP contribution < -0.4 is 0 Å². The standard InChI is InChI=1S/C26H30N2O4S/c29-26-24-12-3-4-13-25(24)33(30,31)28(26)16-6-5-15-27-17-14-22(18-27)32-19-21-10-7-9-20-8-1-2-11-23(20)21/h1-4,7-13,22,30-31H,5-6,14-19H2. The number of amides is 1. The van der Waals surface area contributed by atoms with E-state index in [1.54, 1.807) is 24.3 Å². The molecule has 0 spiro atoms. The fourth-order valence-electron chi connectivity index (χ4n) is 4.83. The first-order valence-electron chi connectivity index (χ1n) is 11.5. The number of hydrogen-bond acceptors (Lipinski definition) is 5. The summed E-state index contributed by atoms with van der Waals surface area (Å²) in [7, 11) is -3.20. The van der Waals surface area contributed by atoms with E-state index in [9.17, 15) is 13.9 Å². The third-order valence-corrected chi connectivity index (χ3v) is 8.52. The number of fused-ring (bicyclic) bond motifs is 2. The van der Waals surface area contributed by atoms with Crippen LogP contribution in [0.3, 0.4) is 0 Å². The Morgan fingerprint density at radius 3 is 2.58 bits per heavy atom. The Bertz CT molecular complexity index is 1150. The van der Waals surface area contributed by atoms with E-state index < -0.39 is 10.8 Å². The molecule has 2 aliphatic heterocycles. The predicted molar refractivity (Wildman–Crippen MR) is 131 cm³/mol. The number of carbonyl (C=O) groups is 1. The van der Waals surface area contributed by atoms with Crippen molar-refractivity contribution in [1.82, 2.24) is 9.21 Å². The van der Waals surface area contributed by atoms with Gasteiger partial charge in [0.15, 0.2) is 0 Å². The van der Waals surface area contributed by atoms with Gasteiger partial charge < -0.3 is 9.64 Å². The van der Waals surface area contributed by atoms with Gasteiger partial charge in [-0.15, -0.1) is 0 Å². The second kappa shape index (κ2) is 9.44. The van der Waals surface area contributed by atoms with Gasteiger partial charge in [0.05, 0.1) is 23.2 Å². The van der Waals surface area contributed by atoms with Crippen LogP contribution in [0.25, 0.3) is 10.8 Å². The summed E-state index contributed by atoms with van der Waals surface area (Å²) in [6.45, 7) is 3.81. The largest absolute Gasteiger partial charge is 0.372 e. The van der Waals surface area contributed by atoms with Gasteiger partial charge in [0.1, 0.15) is 0 Å². The zero-order chi connectivity index (χ0) is 22.8. The molecule has 1 amide bonds. The maximum Gasteiger partial charge on any atom is 0.274 e. The van der Waals surface area contributed by atoms with E-state index in [0.717, 1.165) is 38.9 Å². The third-order valence-electron chi connectivity index (χ3n) is 6.62. The number of ether oxygens (including phenoxy) is 1. The van der Waals surface area contributed by atoms with Gasteiger partial charge in [-0.25, -0.2) is 4.31 Å². The molecule has 2 heterocycles. The van der Waals surface area contributed by atoms with Crippen molar-refractivity contribution in [2.24, 2.45) is 0 Å². The van der Waals surface area contributed by atoms with Crippen molar-refractivity contribution >= 4 is 27.5 Å². The minimum Gasteiger partial charge on any atom is -0.372 e. The van der Waals surface area contributed by atoms with E-state index in [-0.39, 0.29) is 12.0 Å². The van der Waals surface area contributed by atoms with Crippen molar-refractivity contribution in [3.05, 3.63) is 77.9 Å². The van der Waals surface area contributed by atoms with E-state index >= 15 is 0 Å². The lowest BCUT2D eigenvalue weighted by atomic mass is 10.1. The first kappa shape index (κ1) is 22.4. The fourth-order valence-corrected chi connectivity index (χ4v) is 6.49. The number of rotatable bonds is 8. The molecule has 0 bridgehead atoms. The van der Waals surface area contributed by atoms with Crippen molar-refractivity contribution in [2.45, 2.75) is 36.9 Å². The average Bonchev–Trinajstić information content (AvgIpc) is 3.36. The molecule has 1 saturated heterocycles. The molecule has 0 aliphatic carbocycles. The van der Waals surface area contributed by atoms with E-state index in [1.165, 1.54) is 20.6 Å². The lowest BCUT2D eigenvalue weighted by Gasteiger charge is -2.37. The zero-order valence-electron chi connectivity index (χ0n) is 18.6. The Labute approximate surface area is 196 Å². The third kappa shape index (κ3) is 4.52. The summed E-state index contributed by atoms with van der Waals surface area (Å²) in [6.07, 6.45) is 2.87. The summed E-state index contributed by atoms with van der Waals surface area (Å²) in [5, 5.41) is 2.49. The van der Waals surface area contributed by atoms with Gasteiger partial charge in [0, 0.05) is 19.6 Å². The molecular formula is C26H30N2O4S. The highest BCUT2D eigenvalue weighted by atomic mass is 32.3. The molecule has 6 nitrogen and oxygen atoms in total. The van der Waals surface area contributed by atoms with Crippen LogP contribution in [-0.2, 0) is 11.3 Å². The predicted octanol–water partition coefficient (Wildman–Crippen LogP) is 5.39. The molecule has 174 valence electrons. The number of benzene rings is 3. The van der Waals surface area contributed by atoms with Gasteiger partial charge in [-0.2, -0.15) is 0 Å². The number of unbranched alkanes of at least 4 members (excludes halogenated alkanes) is 1. The van der Waals surface area contributed by atoms with Crippen LogP contribution in [-0.4, -0.2) is 56.5 Å². The van der Waals surface area contributed by atoms with E-state index in [2.05, 4.69) is 47.4 Å². The van der Waals surface area contributed by atoms with Gasteiger partial charge in [-0.3, -0.25) is 13.9 Å². The Morgan fingerprint density at radius 1 is 0.939 bits per heavy atom. The Morgan fingerprint density at radius 2 is 1.70 bits per heavy atom. The highest BCUT2D eigenvalue weighted by Gasteiger charge is 2.40. The minimum absolute atomic E-state index is 0.227. The molecule has 1 unspecified atom stereocenters. The monoisotopic (exact) mass is 466 g/mol. The van der Waals surface area contributed by atoms with Crippen molar-refractivity contribution < 1.29 is 18.6 Å². The summed E-state index contributed by atoms with van der Waals surface area (Å²) >= 11 is 0. The second-order valence-electron chi connectivity index (χ2n) is 8.79. The van der Waals surface area contributed by atoms with Crippen LogP contribution in [0.15, 0.2) is 71.6 Å². The number of hydrogen-bond donors (Lipinski definition) is 2. The molecule has 33 heavy (non-hydrogen) atoms. The van der Waals surface area contributed by atoms with Crippen LogP contribution in [0, 0.1) is 0 Å². The second-order valence-corrected chi connectivity index (χ2v) is 10.7. The minimum atomic E-state index is -3.20. The lowest BCUT2D eigenvalue weighted by molar-refractivity contribution is 0.0472. The molecule has 2 N–H and O–H groups in total. The maximum absolute atomic E-state index is 12.6. The van der Waals surface area contributed by atoms with Crippen LogP contribution in [0.1, 0.15) is 35.2 Å². The zero-order valence-corrected chi connectivity index (χ0v) is 19.4. The topological polar surface area (TPSA) is 73.2 Å². The summed E-state index contributed by atoms with van der Waals surface area (Å²) < 4.78 is 28.6.